The van der Waals surface area contributed by atoms with Gasteiger partial charge in [-0.3, -0.25) is 9.59 Å². The summed E-state index contributed by atoms with van der Waals surface area (Å²) in [6.07, 6.45) is 51.7. The average molecular weight is 825 g/mol. The van der Waals surface area contributed by atoms with Crippen molar-refractivity contribution in [3.8, 4) is 0 Å². The second kappa shape index (κ2) is 46.9. The summed E-state index contributed by atoms with van der Waals surface area (Å²) in [7, 11) is 0. The van der Waals surface area contributed by atoms with Gasteiger partial charge in [0.25, 0.3) is 0 Å². The summed E-state index contributed by atoms with van der Waals surface area (Å²) in [5.41, 5.74) is -0.770. The van der Waals surface area contributed by atoms with E-state index in [0.29, 0.717) is 26.1 Å². The number of hydrogen-bond acceptors (Lipinski definition) is 7. The average Bonchev–Trinajstić information content (AvgIpc) is 3.23. The Bertz CT molecular complexity index is 772. The van der Waals surface area contributed by atoms with Gasteiger partial charge in [0.05, 0.1) is 12.0 Å². The van der Waals surface area contributed by atoms with Crippen molar-refractivity contribution in [2.75, 3.05) is 33.0 Å². The van der Waals surface area contributed by atoms with Gasteiger partial charge in [-0.1, -0.05) is 238 Å². The molecule has 0 unspecified atom stereocenters. The highest BCUT2D eigenvalue weighted by molar-refractivity contribution is 5.69. The summed E-state index contributed by atoms with van der Waals surface area (Å²) in [5, 5.41) is 27.6. The molecule has 0 aliphatic heterocycles. The molecular formula is C51H100O7. The summed E-state index contributed by atoms with van der Waals surface area (Å²) in [6, 6.07) is 0. The van der Waals surface area contributed by atoms with E-state index in [0.717, 1.165) is 51.4 Å². The lowest BCUT2D eigenvalue weighted by Gasteiger charge is -2.26. The highest BCUT2D eigenvalue weighted by atomic mass is 16.5. The Morgan fingerprint density at radius 1 is 0.310 bits per heavy atom. The Balaban J connectivity index is 3.51. The van der Waals surface area contributed by atoms with Gasteiger partial charge in [-0.15, -0.1) is 0 Å². The standard InChI is InChI=1S/C51H100O7/c1-51(46-54,47-57-49(55)42-38-34-30-26-22-18-14-10-6-2-4-8-12-16-20-24-28-32-36-40-44-52)48-58-50(56)43-39-35-31-27-23-19-15-11-7-3-5-9-13-17-21-25-29-33-37-41-45-53/h52-54H,2-48H2,1H3. The molecular weight excluding hydrogens is 725 g/mol. The van der Waals surface area contributed by atoms with Crippen LogP contribution in [0.5, 0.6) is 0 Å². The van der Waals surface area contributed by atoms with Gasteiger partial charge in [0.1, 0.15) is 13.2 Å². The van der Waals surface area contributed by atoms with E-state index in [1.807, 2.05) is 0 Å². The van der Waals surface area contributed by atoms with Crippen LogP contribution in [0.3, 0.4) is 0 Å². The molecule has 346 valence electrons. The first-order valence-corrected chi connectivity index (χ1v) is 25.6. The van der Waals surface area contributed by atoms with E-state index in [9.17, 15) is 14.7 Å². The van der Waals surface area contributed by atoms with Crippen LogP contribution in [0, 0.1) is 5.41 Å². The zero-order valence-electron chi connectivity index (χ0n) is 38.7. The predicted molar refractivity (Wildman–Crippen MR) is 245 cm³/mol. The van der Waals surface area contributed by atoms with Crippen molar-refractivity contribution in [1.82, 2.24) is 0 Å². The molecule has 0 aliphatic rings. The maximum Gasteiger partial charge on any atom is 0.305 e. The lowest BCUT2D eigenvalue weighted by atomic mass is 9.94. The number of rotatable bonds is 49. The molecule has 0 aromatic heterocycles. The molecule has 3 N–H and O–H groups in total. The summed E-state index contributed by atoms with van der Waals surface area (Å²) >= 11 is 0. The summed E-state index contributed by atoms with van der Waals surface area (Å²) in [4.78, 5) is 24.7. The van der Waals surface area contributed by atoms with Gasteiger partial charge >= 0.3 is 11.9 Å². The Hall–Kier alpha value is -1.18. The minimum Gasteiger partial charge on any atom is -0.465 e. The summed E-state index contributed by atoms with van der Waals surface area (Å²) in [5.74, 6) is -0.461. The van der Waals surface area contributed by atoms with Crippen molar-refractivity contribution in [2.24, 2.45) is 5.41 Å². The zero-order valence-corrected chi connectivity index (χ0v) is 38.7. The number of aliphatic hydroxyl groups is 3. The van der Waals surface area contributed by atoms with Gasteiger partial charge in [-0.05, 0) is 25.7 Å². The molecule has 7 heteroatoms. The topological polar surface area (TPSA) is 113 Å². The van der Waals surface area contributed by atoms with Gasteiger partial charge in [0, 0.05) is 26.1 Å². The predicted octanol–water partition coefficient (Wildman–Crippen LogP) is 14.4. The van der Waals surface area contributed by atoms with Crippen molar-refractivity contribution in [3.05, 3.63) is 0 Å². The molecule has 0 radical (unpaired) electrons. The third-order valence-corrected chi connectivity index (χ3v) is 12.1. The van der Waals surface area contributed by atoms with Crippen LogP contribution in [0.1, 0.15) is 277 Å². The maximum absolute atomic E-state index is 12.3. The van der Waals surface area contributed by atoms with Crippen LogP contribution in [0.15, 0.2) is 0 Å². The molecule has 0 fully saturated rings. The van der Waals surface area contributed by atoms with Crippen LogP contribution in [0.4, 0.5) is 0 Å². The first kappa shape index (κ1) is 56.8. The second-order valence-corrected chi connectivity index (χ2v) is 18.4. The molecule has 0 rings (SSSR count). The Morgan fingerprint density at radius 3 is 0.655 bits per heavy atom. The van der Waals surface area contributed by atoms with Crippen molar-refractivity contribution < 1.29 is 34.4 Å². The highest BCUT2D eigenvalue weighted by Gasteiger charge is 2.28. The van der Waals surface area contributed by atoms with E-state index >= 15 is 0 Å². The molecule has 0 heterocycles. The second-order valence-electron chi connectivity index (χ2n) is 18.4. The van der Waals surface area contributed by atoms with E-state index in [-0.39, 0.29) is 31.8 Å². The molecule has 0 bridgehead atoms. The number of ether oxygens (including phenoxy) is 2. The molecule has 0 spiro atoms. The minimum atomic E-state index is -0.770. The van der Waals surface area contributed by atoms with Gasteiger partial charge in [0.2, 0.25) is 0 Å². The monoisotopic (exact) mass is 825 g/mol. The van der Waals surface area contributed by atoms with E-state index in [1.165, 1.54) is 205 Å². The van der Waals surface area contributed by atoms with Gasteiger partial charge in [0.15, 0.2) is 0 Å². The fourth-order valence-electron chi connectivity index (χ4n) is 7.91. The van der Waals surface area contributed by atoms with Gasteiger partial charge < -0.3 is 24.8 Å². The Morgan fingerprint density at radius 2 is 0.483 bits per heavy atom. The number of unbranched alkanes of at least 4 members (excludes halogenated alkanes) is 38. The van der Waals surface area contributed by atoms with E-state index in [4.69, 9.17) is 19.7 Å². The molecule has 0 saturated heterocycles. The molecule has 7 nitrogen and oxygen atoms in total. The number of aliphatic hydroxyl groups excluding tert-OH is 3. The largest absolute Gasteiger partial charge is 0.465 e. The summed E-state index contributed by atoms with van der Waals surface area (Å²) in [6.45, 7) is 2.43. The third kappa shape index (κ3) is 44.4. The molecule has 0 aliphatic carbocycles. The van der Waals surface area contributed by atoms with Crippen LogP contribution in [-0.4, -0.2) is 60.3 Å². The number of carbonyl (C=O) groups is 2. The zero-order chi connectivity index (χ0) is 42.3. The van der Waals surface area contributed by atoms with Gasteiger partial charge in [-0.25, -0.2) is 0 Å². The van der Waals surface area contributed by atoms with Crippen LogP contribution < -0.4 is 0 Å². The van der Waals surface area contributed by atoms with Crippen molar-refractivity contribution in [2.45, 2.75) is 277 Å². The Kier molecular flexibility index (Phi) is 45.9. The normalized spacial score (nSPS) is 11.7. The fourth-order valence-corrected chi connectivity index (χ4v) is 7.91. The molecule has 0 saturated carbocycles. The van der Waals surface area contributed by atoms with E-state index in [1.54, 1.807) is 6.92 Å². The number of hydrogen-bond donors (Lipinski definition) is 3. The third-order valence-electron chi connectivity index (χ3n) is 12.1. The molecule has 0 amide bonds. The quantitative estimate of drug-likeness (QED) is 0.0413. The first-order valence-electron chi connectivity index (χ1n) is 25.6. The minimum absolute atomic E-state index is 0.0666. The molecule has 0 atom stereocenters. The molecule has 0 aromatic carbocycles. The fraction of sp³-hybridized carbons (Fsp3) is 0.961. The SMILES string of the molecule is CC(CO)(COC(=O)CCCCCCCCCCCCCCCCCCCCCCO)COC(=O)CCCCCCCCCCCCCCCCCCCCCCO. The van der Waals surface area contributed by atoms with Crippen LogP contribution in [0.25, 0.3) is 0 Å². The van der Waals surface area contributed by atoms with E-state index < -0.39 is 5.41 Å². The van der Waals surface area contributed by atoms with Crippen LogP contribution in [0.2, 0.25) is 0 Å². The maximum atomic E-state index is 12.3. The van der Waals surface area contributed by atoms with Crippen molar-refractivity contribution in [1.29, 1.82) is 0 Å². The first-order chi connectivity index (χ1) is 28.5. The molecule has 0 aromatic rings. The smallest absolute Gasteiger partial charge is 0.305 e. The number of carbonyl (C=O) groups excluding carboxylic acids is 2. The van der Waals surface area contributed by atoms with Gasteiger partial charge in [-0.2, -0.15) is 0 Å². The summed E-state index contributed by atoms with van der Waals surface area (Å²) < 4.78 is 11.0. The van der Waals surface area contributed by atoms with Crippen molar-refractivity contribution >= 4 is 11.9 Å². The molecule has 58 heavy (non-hydrogen) atoms. The van der Waals surface area contributed by atoms with E-state index in [2.05, 4.69) is 0 Å². The lowest BCUT2D eigenvalue weighted by molar-refractivity contribution is -0.155. The lowest BCUT2D eigenvalue weighted by Crippen LogP contribution is -2.35. The highest BCUT2D eigenvalue weighted by Crippen LogP contribution is 2.20. The number of esters is 2. The Labute approximate surface area is 360 Å². The van der Waals surface area contributed by atoms with Crippen LogP contribution in [-0.2, 0) is 19.1 Å². The van der Waals surface area contributed by atoms with Crippen molar-refractivity contribution in [3.63, 3.8) is 0 Å². The van der Waals surface area contributed by atoms with Crippen LogP contribution >= 0.6 is 0 Å².